The molecule has 0 aliphatic rings. The van der Waals surface area contributed by atoms with Crippen LogP contribution in [0.4, 0.5) is 0 Å². The Hall–Kier alpha value is -2.93. The summed E-state index contributed by atoms with van der Waals surface area (Å²) in [5.41, 5.74) is 5.36. The SMILES string of the molecule is Cc1ccccc1-n1c(SCc2csc(-c3ccccc3)n2)nnc1-c1ccc(Cl)cc1. The molecule has 0 radical (unpaired) electrons. The molecule has 4 nitrogen and oxygen atoms in total. The van der Waals surface area contributed by atoms with Crippen molar-refractivity contribution in [1.29, 1.82) is 0 Å². The average molecular weight is 475 g/mol. The molecule has 0 saturated carbocycles. The lowest BCUT2D eigenvalue weighted by Gasteiger charge is -2.12. The molecule has 7 heteroatoms. The van der Waals surface area contributed by atoms with Gasteiger partial charge >= 0.3 is 0 Å². The summed E-state index contributed by atoms with van der Waals surface area (Å²) in [7, 11) is 0. The molecule has 0 atom stereocenters. The van der Waals surface area contributed by atoms with Crippen LogP contribution >= 0.6 is 34.7 Å². The number of aryl methyl sites for hydroxylation is 1. The molecule has 0 N–H and O–H groups in total. The molecule has 0 spiro atoms. The van der Waals surface area contributed by atoms with Gasteiger partial charge in [0.2, 0.25) is 0 Å². The van der Waals surface area contributed by atoms with Gasteiger partial charge in [0.15, 0.2) is 11.0 Å². The molecule has 0 unspecified atom stereocenters. The van der Waals surface area contributed by atoms with Crippen LogP contribution in [0.15, 0.2) is 89.4 Å². The zero-order chi connectivity index (χ0) is 21.9. The lowest BCUT2D eigenvalue weighted by Crippen LogP contribution is -2.02. The number of halogens is 1. The molecular formula is C25H19ClN4S2. The van der Waals surface area contributed by atoms with Crippen molar-refractivity contribution in [3.8, 4) is 27.6 Å². The molecule has 0 saturated heterocycles. The van der Waals surface area contributed by atoms with Gasteiger partial charge in [-0.2, -0.15) is 0 Å². The van der Waals surface area contributed by atoms with Gasteiger partial charge in [-0.05, 0) is 42.8 Å². The van der Waals surface area contributed by atoms with E-state index in [9.17, 15) is 0 Å². The quantitative estimate of drug-likeness (QED) is 0.242. The molecule has 0 bridgehead atoms. The van der Waals surface area contributed by atoms with Gasteiger partial charge in [-0.1, -0.05) is 71.9 Å². The Kier molecular flexibility index (Phi) is 6.08. The molecule has 2 heterocycles. The lowest BCUT2D eigenvalue weighted by atomic mass is 10.1. The van der Waals surface area contributed by atoms with E-state index in [-0.39, 0.29) is 0 Å². The summed E-state index contributed by atoms with van der Waals surface area (Å²) in [6.07, 6.45) is 0. The van der Waals surface area contributed by atoms with Crippen molar-refractivity contribution >= 4 is 34.7 Å². The van der Waals surface area contributed by atoms with Crippen LogP contribution in [0.3, 0.4) is 0 Å². The van der Waals surface area contributed by atoms with E-state index in [4.69, 9.17) is 16.6 Å². The molecule has 32 heavy (non-hydrogen) atoms. The van der Waals surface area contributed by atoms with Crippen molar-refractivity contribution < 1.29 is 0 Å². The van der Waals surface area contributed by atoms with Gasteiger partial charge in [-0.3, -0.25) is 4.57 Å². The van der Waals surface area contributed by atoms with Crippen molar-refractivity contribution in [2.75, 3.05) is 0 Å². The highest BCUT2D eigenvalue weighted by molar-refractivity contribution is 7.98. The standard InChI is InChI=1S/C25H19ClN4S2/c1-17-7-5-6-10-22(17)30-23(18-11-13-20(26)14-12-18)28-29-25(30)32-16-21-15-31-24(27-21)19-8-3-2-4-9-19/h2-15H,16H2,1H3. The number of aromatic nitrogens is 4. The van der Waals surface area contributed by atoms with Gasteiger partial charge in [0, 0.05) is 27.3 Å². The predicted octanol–water partition coefficient (Wildman–Crippen LogP) is 7.31. The largest absolute Gasteiger partial charge is 0.270 e. The maximum atomic E-state index is 6.10. The van der Waals surface area contributed by atoms with Crippen molar-refractivity contribution in [2.24, 2.45) is 0 Å². The zero-order valence-corrected chi connectivity index (χ0v) is 19.7. The molecule has 158 valence electrons. The lowest BCUT2D eigenvalue weighted by molar-refractivity contribution is 0.880. The third kappa shape index (κ3) is 4.35. The Labute approximate surface area is 200 Å². The Morgan fingerprint density at radius 2 is 1.62 bits per heavy atom. The van der Waals surface area contributed by atoms with Crippen LogP contribution in [0.5, 0.6) is 0 Å². The maximum absolute atomic E-state index is 6.10. The number of nitrogens with zero attached hydrogens (tertiary/aromatic N) is 4. The number of para-hydroxylation sites is 1. The molecule has 0 aliphatic carbocycles. The summed E-state index contributed by atoms with van der Waals surface area (Å²) in [5.74, 6) is 1.51. The molecule has 5 aromatic rings. The first-order chi connectivity index (χ1) is 15.7. The molecule has 2 aromatic heterocycles. The fourth-order valence-corrected chi connectivity index (χ4v) is 5.30. The van der Waals surface area contributed by atoms with Crippen molar-refractivity contribution in [2.45, 2.75) is 17.8 Å². The second kappa shape index (κ2) is 9.28. The van der Waals surface area contributed by atoms with Gasteiger partial charge < -0.3 is 0 Å². The third-order valence-corrected chi connectivity index (χ3v) is 7.17. The summed E-state index contributed by atoms with van der Waals surface area (Å²) >= 11 is 9.40. The number of hydrogen-bond donors (Lipinski definition) is 0. The van der Waals surface area contributed by atoms with Gasteiger partial charge in [0.25, 0.3) is 0 Å². The Balaban J connectivity index is 1.47. The second-order valence-corrected chi connectivity index (χ2v) is 9.47. The number of thioether (sulfide) groups is 1. The second-order valence-electron chi connectivity index (χ2n) is 7.23. The van der Waals surface area contributed by atoms with Crippen molar-refractivity contribution in [3.05, 3.63) is 101 Å². The summed E-state index contributed by atoms with van der Waals surface area (Å²) in [5, 5.41) is 13.7. The van der Waals surface area contributed by atoms with Crippen LogP contribution in [0.1, 0.15) is 11.3 Å². The summed E-state index contributed by atoms with van der Waals surface area (Å²) < 4.78 is 2.12. The average Bonchev–Trinajstić information content (AvgIpc) is 3.46. The third-order valence-electron chi connectivity index (χ3n) is 5.01. The minimum Gasteiger partial charge on any atom is -0.270 e. The van der Waals surface area contributed by atoms with Gasteiger partial charge in [0.05, 0.1) is 11.4 Å². The number of benzene rings is 3. The first-order valence-corrected chi connectivity index (χ1v) is 12.3. The van der Waals surface area contributed by atoms with E-state index in [1.807, 2.05) is 54.6 Å². The first kappa shape index (κ1) is 20.9. The molecule has 0 fully saturated rings. The van der Waals surface area contributed by atoms with E-state index in [0.717, 1.165) is 44.1 Å². The molecular weight excluding hydrogens is 456 g/mol. The van der Waals surface area contributed by atoms with Gasteiger partial charge in [0.1, 0.15) is 5.01 Å². The van der Waals surface area contributed by atoms with E-state index in [0.29, 0.717) is 10.8 Å². The fraction of sp³-hybridized carbons (Fsp3) is 0.0800. The Bertz CT molecular complexity index is 1340. The van der Waals surface area contributed by atoms with E-state index < -0.39 is 0 Å². The Morgan fingerprint density at radius 3 is 2.41 bits per heavy atom. The number of thiazole rings is 1. The molecule has 0 aliphatic heterocycles. The number of rotatable bonds is 6. The van der Waals surface area contributed by atoms with Gasteiger partial charge in [-0.15, -0.1) is 21.5 Å². The molecule has 0 amide bonds. The predicted molar refractivity (Wildman–Crippen MR) is 134 cm³/mol. The maximum Gasteiger partial charge on any atom is 0.196 e. The summed E-state index contributed by atoms with van der Waals surface area (Å²) in [6, 6.07) is 26.2. The summed E-state index contributed by atoms with van der Waals surface area (Å²) in [4.78, 5) is 4.82. The normalized spacial score (nSPS) is 11.1. The van der Waals surface area contributed by atoms with Crippen molar-refractivity contribution in [1.82, 2.24) is 19.7 Å². The van der Waals surface area contributed by atoms with E-state index in [2.05, 4.69) is 51.3 Å². The zero-order valence-electron chi connectivity index (χ0n) is 17.3. The van der Waals surface area contributed by atoms with Crippen molar-refractivity contribution in [3.63, 3.8) is 0 Å². The monoisotopic (exact) mass is 474 g/mol. The highest BCUT2D eigenvalue weighted by Gasteiger charge is 2.18. The highest BCUT2D eigenvalue weighted by Crippen LogP contribution is 2.32. The van der Waals surface area contributed by atoms with Gasteiger partial charge in [-0.25, -0.2) is 4.98 Å². The Morgan fingerprint density at radius 1 is 0.875 bits per heavy atom. The molecule has 3 aromatic carbocycles. The number of hydrogen-bond acceptors (Lipinski definition) is 5. The van der Waals surface area contributed by atoms with E-state index >= 15 is 0 Å². The minimum atomic E-state index is 0.697. The fourth-order valence-electron chi connectivity index (χ4n) is 3.41. The van der Waals surface area contributed by atoms with Crippen LogP contribution < -0.4 is 0 Å². The summed E-state index contributed by atoms with van der Waals surface area (Å²) in [6.45, 7) is 2.10. The van der Waals surface area contributed by atoms with E-state index in [1.54, 1.807) is 23.1 Å². The molecule has 5 rings (SSSR count). The van der Waals surface area contributed by atoms with Crippen LogP contribution in [0.2, 0.25) is 5.02 Å². The smallest absolute Gasteiger partial charge is 0.196 e. The first-order valence-electron chi connectivity index (χ1n) is 10.1. The van der Waals surface area contributed by atoms with Crippen LogP contribution in [-0.4, -0.2) is 19.7 Å². The minimum absolute atomic E-state index is 0.697. The highest BCUT2D eigenvalue weighted by atomic mass is 35.5. The van der Waals surface area contributed by atoms with E-state index in [1.165, 1.54) is 0 Å². The van der Waals surface area contributed by atoms with Crippen LogP contribution in [0.25, 0.3) is 27.6 Å². The van der Waals surface area contributed by atoms with Crippen LogP contribution in [0, 0.1) is 6.92 Å². The van der Waals surface area contributed by atoms with Crippen LogP contribution in [-0.2, 0) is 5.75 Å². The topological polar surface area (TPSA) is 43.6 Å².